The number of hydrogen-bond donors (Lipinski definition) is 0. The van der Waals surface area contributed by atoms with E-state index in [9.17, 15) is 0 Å². The van der Waals surface area contributed by atoms with Crippen LogP contribution in [0.4, 0.5) is 0 Å². The maximum Gasteiger partial charge on any atom is 0 e. The first-order chi connectivity index (χ1) is 10.4. The van der Waals surface area contributed by atoms with Crippen molar-refractivity contribution in [3.05, 3.63) is 6.42 Å². The van der Waals surface area contributed by atoms with Gasteiger partial charge in [-0.2, -0.15) is 11.8 Å². The molecule has 0 aromatic carbocycles. The normalized spacial score (nSPS) is 53.9. The second kappa shape index (κ2) is 8.27. The first-order valence-electron chi connectivity index (χ1n) is 10.2. The van der Waals surface area contributed by atoms with Gasteiger partial charge in [-0.3, -0.25) is 0 Å². The number of hydrogen-bond acceptors (Lipinski definition) is 0. The van der Waals surface area contributed by atoms with Crippen molar-refractivity contribution in [2.24, 2.45) is 52.3 Å². The van der Waals surface area contributed by atoms with E-state index < -0.39 is 0 Å². The van der Waals surface area contributed by atoms with Crippen LogP contribution in [0.5, 0.6) is 0 Å². The Hall–Kier alpha value is 1.17. The summed E-state index contributed by atoms with van der Waals surface area (Å²) in [6, 6.07) is 0. The summed E-state index contributed by atoms with van der Waals surface area (Å²) in [6.45, 7) is 13.0. The van der Waals surface area contributed by atoms with E-state index in [-0.39, 0.29) is 50.0 Å². The Morgan fingerprint density at radius 1 is 0.960 bits per heavy atom. The summed E-state index contributed by atoms with van der Waals surface area (Å²) in [5.74, 6) is 6.92. The predicted octanol–water partition coefficient (Wildman–Crippen LogP) is 6.86. The molecule has 0 amide bonds. The molecule has 0 spiro atoms. The minimum Gasteiger partial charge on any atom is -0.322 e. The molecule has 4 fully saturated rings. The van der Waals surface area contributed by atoms with E-state index in [1.54, 1.807) is 0 Å². The van der Waals surface area contributed by atoms with Gasteiger partial charge in [0.25, 0.3) is 0 Å². The maximum absolute atomic E-state index is 2.72. The van der Waals surface area contributed by atoms with Crippen LogP contribution in [0.2, 0.25) is 0 Å². The van der Waals surface area contributed by atoms with Gasteiger partial charge in [-0.1, -0.05) is 66.7 Å². The fourth-order valence-corrected chi connectivity index (χ4v) is 7.88. The van der Waals surface area contributed by atoms with Crippen LogP contribution in [0, 0.1) is 58.7 Å². The van der Waals surface area contributed by atoms with Crippen molar-refractivity contribution in [1.82, 2.24) is 0 Å². The molecule has 4 aliphatic rings. The fourth-order valence-electron chi connectivity index (χ4n) is 7.88. The molecular formula is C23H43BY-. The molecule has 4 saturated carbocycles. The van der Waals surface area contributed by atoms with E-state index in [1.807, 2.05) is 0 Å². The standard InChI is InChI=1S/C22H37.CH4.B.Y.H2/c1-14-8-10-22(5)17(11-14)12-15(2)20-18-7-6-9-21(18,4)16(3)13-19(20)22;;;;/h9,14-20H,6-8,10-13H2,1-5H3;1H4;;;1H/q-1;;;;/i;;;;1+1. The Kier molecular flexibility index (Phi) is 8.01. The first-order valence-corrected chi connectivity index (χ1v) is 10.2. The Bertz CT molecular complexity index is 457. The molecule has 0 N–H and O–H groups in total. The molecule has 4 radical (unpaired) electrons. The summed E-state index contributed by atoms with van der Waals surface area (Å²) in [4.78, 5) is 0. The summed E-state index contributed by atoms with van der Waals surface area (Å²) >= 11 is 0. The van der Waals surface area contributed by atoms with Crippen LogP contribution in [0.15, 0.2) is 0 Å². The third-order valence-corrected chi connectivity index (χ3v) is 9.42. The Balaban J connectivity index is 0.00000156. The topological polar surface area (TPSA) is 0 Å². The average molecular weight is 420 g/mol. The molecule has 0 aromatic heterocycles. The molecule has 25 heavy (non-hydrogen) atoms. The maximum atomic E-state index is 2.72. The van der Waals surface area contributed by atoms with Crippen LogP contribution in [0.1, 0.15) is 88.4 Å². The van der Waals surface area contributed by atoms with Crippen molar-refractivity contribution in [3.8, 4) is 0 Å². The van der Waals surface area contributed by atoms with Gasteiger partial charge in [-0.25, -0.2) is 0 Å². The van der Waals surface area contributed by atoms with Crippen LogP contribution >= 0.6 is 0 Å². The van der Waals surface area contributed by atoms with E-state index in [1.165, 1.54) is 44.9 Å². The van der Waals surface area contributed by atoms with Crippen LogP contribution in [-0.2, 0) is 32.7 Å². The van der Waals surface area contributed by atoms with Gasteiger partial charge < -0.3 is 6.42 Å². The van der Waals surface area contributed by atoms with Crippen molar-refractivity contribution < 1.29 is 34.1 Å². The van der Waals surface area contributed by atoms with Crippen molar-refractivity contribution in [2.45, 2.75) is 87.0 Å². The molecule has 0 saturated heterocycles. The smallest absolute Gasteiger partial charge is 0 e. The van der Waals surface area contributed by atoms with Crippen LogP contribution in [0.25, 0.3) is 0 Å². The van der Waals surface area contributed by atoms with Crippen molar-refractivity contribution in [1.29, 1.82) is 0 Å². The minimum atomic E-state index is 0. The van der Waals surface area contributed by atoms with Gasteiger partial charge in [0.05, 0.1) is 0 Å². The third-order valence-electron chi connectivity index (χ3n) is 9.42. The van der Waals surface area contributed by atoms with Gasteiger partial charge in [0.1, 0.15) is 0 Å². The van der Waals surface area contributed by atoms with Crippen LogP contribution < -0.4 is 0 Å². The van der Waals surface area contributed by atoms with E-state index in [2.05, 4.69) is 41.0 Å². The molecule has 142 valence electrons. The van der Waals surface area contributed by atoms with Crippen LogP contribution in [-0.4, -0.2) is 8.41 Å². The van der Waals surface area contributed by atoms with E-state index in [0.29, 0.717) is 10.8 Å². The molecule has 0 bridgehead atoms. The third kappa shape index (κ3) is 3.50. The monoisotopic (exact) mass is 420 g/mol. The van der Waals surface area contributed by atoms with Crippen molar-refractivity contribution in [3.63, 3.8) is 0 Å². The van der Waals surface area contributed by atoms with Gasteiger partial charge >= 0.3 is 0 Å². The summed E-state index contributed by atoms with van der Waals surface area (Å²) < 4.78 is 0. The quantitative estimate of drug-likeness (QED) is 0.297. The molecular weight excluding hydrogens is 376 g/mol. The van der Waals surface area contributed by atoms with E-state index in [4.69, 9.17) is 0 Å². The summed E-state index contributed by atoms with van der Waals surface area (Å²) in [6.07, 6.45) is 13.2. The fraction of sp³-hybridized carbons (Fsp3) is 0.957. The zero-order valence-corrected chi connectivity index (χ0v) is 19.6. The Morgan fingerprint density at radius 3 is 2.32 bits per heavy atom. The summed E-state index contributed by atoms with van der Waals surface area (Å²) in [5.41, 5.74) is 1.22. The summed E-state index contributed by atoms with van der Waals surface area (Å²) in [5, 5.41) is 0. The van der Waals surface area contributed by atoms with E-state index >= 15 is 0 Å². The molecule has 0 aromatic rings. The van der Waals surface area contributed by atoms with Gasteiger partial charge in [-0.05, 0) is 60.7 Å². The van der Waals surface area contributed by atoms with Gasteiger partial charge in [0.15, 0.2) is 0 Å². The average Bonchev–Trinajstić information content (AvgIpc) is 2.85. The molecule has 9 unspecified atom stereocenters. The molecule has 0 aliphatic heterocycles. The van der Waals surface area contributed by atoms with E-state index in [0.717, 1.165) is 41.4 Å². The Labute approximate surface area is 187 Å². The second-order valence-corrected chi connectivity index (χ2v) is 10.4. The molecule has 0 heterocycles. The summed E-state index contributed by atoms with van der Waals surface area (Å²) in [7, 11) is 0. The van der Waals surface area contributed by atoms with Crippen molar-refractivity contribution >= 4 is 8.41 Å². The second-order valence-electron chi connectivity index (χ2n) is 10.4. The van der Waals surface area contributed by atoms with Crippen LogP contribution in [0.3, 0.4) is 0 Å². The largest absolute Gasteiger partial charge is 0.322 e. The molecule has 0 nitrogen and oxygen atoms in total. The molecule has 4 rings (SSSR count). The SMILES string of the molecule is C.CC1CCC2(C)C(C1)CC(C)C1C3CC[CH-]C3(C)C(C)CC12.[2HH].[B].[Y]. The van der Waals surface area contributed by atoms with Gasteiger partial charge in [0, 0.05) is 42.5 Å². The van der Waals surface area contributed by atoms with Gasteiger partial charge in [0.2, 0.25) is 0 Å². The Morgan fingerprint density at radius 2 is 1.64 bits per heavy atom. The predicted molar refractivity (Wildman–Crippen MR) is 109 cm³/mol. The number of rotatable bonds is 0. The zero-order chi connectivity index (χ0) is 15.7. The number of fused-ring (bicyclic) bond motifs is 5. The molecule has 4 aliphatic carbocycles. The minimum absolute atomic E-state index is 0. The molecule has 9 atom stereocenters. The van der Waals surface area contributed by atoms with Gasteiger partial charge in [-0.15, -0.1) is 0 Å². The zero-order valence-electron chi connectivity index (χ0n) is 16.7. The molecule has 2 heteroatoms. The van der Waals surface area contributed by atoms with Crippen molar-refractivity contribution in [2.75, 3.05) is 0 Å². The first kappa shape index (κ1) is 24.2.